The molecule has 1 rings (SSSR count). The van der Waals surface area contributed by atoms with Crippen LogP contribution in [-0.2, 0) is 11.3 Å². The molecule has 1 N–H and O–H groups in total. The summed E-state index contributed by atoms with van der Waals surface area (Å²) in [5.41, 5.74) is -1.06. The summed E-state index contributed by atoms with van der Waals surface area (Å²) >= 11 is 3.28. The van der Waals surface area contributed by atoms with E-state index in [2.05, 4.69) is 15.9 Å². The zero-order valence-electron chi connectivity index (χ0n) is 11.4. The number of amides is 1. The van der Waals surface area contributed by atoms with Crippen molar-refractivity contribution in [2.24, 2.45) is 0 Å². The third-order valence-electron chi connectivity index (χ3n) is 2.56. The van der Waals surface area contributed by atoms with Crippen LogP contribution in [0.4, 0.5) is 0 Å². The number of halogens is 1. The van der Waals surface area contributed by atoms with E-state index in [0.29, 0.717) is 6.54 Å². The Labute approximate surface area is 121 Å². The Morgan fingerprint density at radius 3 is 2.68 bits per heavy atom. The topological polar surface area (TPSA) is 62.5 Å². The molecule has 0 radical (unpaired) electrons. The Hall–Kier alpha value is -1.14. The van der Waals surface area contributed by atoms with E-state index in [0.717, 1.165) is 4.47 Å². The lowest BCUT2D eigenvalue weighted by molar-refractivity contribution is -0.132. The van der Waals surface area contributed by atoms with Crippen molar-refractivity contribution in [1.82, 2.24) is 9.47 Å². The standard InChI is InChI=1S/C13H19BrN2O3/c1-13(2,19)9-15(3)11(17)6-7-16-8-10(14)4-5-12(16)18/h4-5,8,19H,6-7,9H2,1-3H3. The van der Waals surface area contributed by atoms with Crippen molar-refractivity contribution in [3.8, 4) is 0 Å². The van der Waals surface area contributed by atoms with Crippen molar-refractivity contribution in [3.63, 3.8) is 0 Å². The fourth-order valence-corrected chi connectivity index (χ4v) is 2.13. The highest BCUT2D eigenvalue weighted by molar-refractivity contribution is 9.10. The van der Waals surface area contributed by atoms with E-state index in [4.69, 9.17) is 0 Å². The summed E-state index contributed by atoms with van der Waals surface area (Å²) in [5, 5.41) is 9.65. The molecule has 0 saturated carbocycles. The first-order valence-corrected chi connectivity index (χ1v) is 6.81. The zero-order valence-corrected chi connectivity index (χ0v) is 13.0. The largest absolute Gasteiger partial charge is 0.389 e. The first-order valence-electron chi connectivity index (χ1n) is 6.01. The molecule has 106 valence electrons. The van der Waals surface area contributed by atoms with E-state index < -0.39 is 5.60 Å². The van der Waals surface area contributed by atoms with Gasteiger partial charge in [0, 0.05) is 43.3 Å². The summed E-state index contributed by atoms with van der Waals surface area (Å²) in [6, 6.07) is 3.12. The maximum atomic E-state index is 11.9. The molecule has 0 spiro atoms. The lowest BCUT2D eigenvalue weighted by atomic mass is 10.1. The number of carbonyl (C=O) groups is 1. The van der Waals surface area contributed by atoms with Crippen molar-refractivity contribution in [3.05, 3.63) is 33.2 Å². The van der Waals surface area contributed by atoms with E-state index in [1.54, 1.807) is 33.2 Å². The van der Waals surface area contributed by atoms with Gasteiger partial charge >= 0.3 is 0 Å². The molecule has 1 amide bonds. The number of hydrogen-bond donors (Lipinski definition) is 1. The number of rotatable bonds is 5. The molecule has 0 atom stereocenters. The van der Waals surface area contributed by atoms with Crippen molar-refractivity contribution < 1.29 is 9.90 Å². The van der Waals surface area contributed by atoms with Crippen LogP contribution in [0.25, 0.3) is 0 Å². The molecule has 0 fully saturated rings. The molecule has 0 bridgehead atoms. The van der Waals surface area contributed by atoms with E-state index in [9.17, 15) is 14.7 Å². The average Bonchev–Trinajstić information content (AvgIpc) is 2.27. The molecule has 0 unspecified atom stereocenters. The Morgan fingerprint density at radius 2 is 2.11 bits per heavy atom. The molecule has 6 heteroatoms. The first kappa shape index (κ1) is 15.9. The molecule has 0 aromatic carbocycles. The van der Waals surface area contributed by atoms with Gasteiger partial charge in [0.2, 0.25) is 5.91 Å². The Balaban J connectivity index is 2.59. The highest BCUT2D eigenvalue weighted by Crippen LogP contribution is 2.07. The fourth-order valence-electron chi connectivity index (χ4n) is 1.75. The van der Waals surface area contributed by atoms with Gasteiger partial charge in [0.15, 0.2) is 0 Å². The van der Waals surface area contributed by atoms with E-state index in [-0.39, 0.29) is 24.4 Å². The molecule has 1 heterocycles. The van der Waals surface area contributed by atoms with Crippen molar-refractivity contribution >= 4 is 21.8 Å². The minimum Gasteiger partial charge on any atom is -0.389 e. The van der Waals surface area contributed by atoms with Gasteiger partial charge in [0.1, 0.15) is 0 Å². The van der Waals surface area contributed by atoms with Crippen LogP contribution in [0.3, 0.4) is 0 Å². The van der Waals surface area contributed by atoms with Crippen LogP contribution in [0, 0.1) is 0 Å². The average molecular weight is 331 g/mol. The van der Waals surface area contributed by atoms with Gasteiger partial charge in [-0.3, -0.25) is 9.59 Å². The number of likely N-dealkylation sites (N-methyl/N-ethyl adjacent to an activating group) is 1. The molecule has 1 aromatic rings. The predicted octanol–water partition coefficient (Wildman–Crippen LogP) is 1.23. The van der Waals surface area contributed by atoms with Gasteiger partial charge in [-0.2, -0.15) is 0 Å². The van der Waals surface area contributed by atoms with Gasteiger partial charge in [-0.05, 0) is 35.8 Å². The normalized spacial score (nSPS) is 11.4. The van der Waals surface area contributed by atoms with Crippen LogP contribution >= 0.6 is 15.9 Å². The van der Waals surface area contributed by atoms with E-state index >= 15 is 0 Å². The second-order valence-electron chi connectivity index (χ2n) is 5.19. The van der Waals surface area contributed by atoms with Crippen LogP contribution in [-0.4, -0.2) is 39.7 Å². The number of aromatic nitrogens is 1. The highest BCUT2D eigenvalue weighted by atomic mass is 79.9. The first-order chi connectivity index (χ1) is 8.69. The monoisotopic (exact) mass is 330 g/mol. The van der Waals surface area contributed by atoms with Gasteiger partial charge in [-0.15, -0.1) is 0 Å². The van der Waals surface area contributed by atoms with Crippen molar-refractivity contribution in [2.75, 3.05) is 13.6 Å². The summed E-state index contributed by atoms with van der Waals surface area (Å²) in [6.07, 6.45) is 1.88. The fraction of sp³-hybridized carbons (Fsp3) is 0.538. The van der Waals surface area contributed by atoms with Gasteiger partial charge in [0.05, 0.1) is 5.60 Å². The minimum atomic E-state index is -0.920. The second kappa shape index (κ2) is 6.34. The summed E-state index contributed by atoms with van der Waals surface area (Å²) in [6.45, 7) is 3.89. The molecule has 5 nitrogen and oxygen atoms in total. The van der Waals surface area contributed by atoms with Crippen LogP contribution in [0.2, 0.25) is 0 Å². The quantitative estimate of drug-likeness (QED) is 0.883. The highest BCUT2D eigenvalue weighted by Gasteiger charge is 2.19. The molecular weight excluding hydrogens is 312 g/mol. The molecule has 19 heavy (non-hydrogen) atoms. The van der Waals surface area contributed by atoms with Crippen LogP contribution < -0.4 is 5.56 Å². The summed E-state index contributed by atoms with van der Waals surface area (Å²) in [7, 11) is 1.64. The van der Waals surface area contributed by atoms with Crippen LogP contribution in [0.15, 0.2) is 27.6 Å². The molecule has 0 saturated heterocycles. The summed E-state index contributed by atoms with van der Waals surface area (Å²) in [4.78, 5) is 24.9. The smallest absolute Gasteiger partial charge is 0.250 e. The van der Waals surface area contributed by atoms with Crippen molar-refractivity contribution in [1.29, 1.82) is 0 Å². The molecule has 0 aliphatic carbocycles. The summed E-state index contributed by atoms with van der Waals surface area (Å²) in [5.74, 6) is -0.103. The minimum absolute atomic E-state index is 0.103. The number of carbonyl (C=O) groups excluding carboxylic acids is 1. The van der Waals surface area contributed by atoms with E-state index in [1.807, 2.05) is 0 Å². The van der Waals surface area contributed by atoms with E-state index in [1.165, 1.54) is 15.5 Å². The van der Waals surface area contributed by atoms with Crippen LogP contribution in [0.5, 0.6) is 0 Å². The van der Waals surface area contributed by atoms with Gasteiger partial charge < -0.3 is 14.6 Å². The van der Waals surface area contributed by atoms with Gasteiger partial charge in [-0.25, -0.2) is 0 Å². The molecule has 0 aliphatic rings. The Bertz CT molecular complexity index is 505. The Morgan fingerprint density at radius 1 is 1.47 bits per heavy atom. The lowest BCUT2D eigenvalue weighted by Crippen LogP contribution is -2.40. The maximum absolute atomic E-state index is 11.9. The molecule has 0 aliphatic heterocycles. The number of pyridine rings is 1. The number of aliphatic hydroxyl groups is 1. The number of aryl methyl sites for hydroxylation is 1. The predicted molar refractivity (Wildman–Crippen MR) is 77.0 cm³/mol. The third kappa shape index (κ3) is 5.57. The van der Waals surface area contributed by atoms with Gasteiger partial charge in [-0.1, -0.05) is 0 Å². The van der Waals surface area contributed by atoms with Gasteiger partial charge in [0.25, 0.3) is 5.56 Å². The number of hydrogen-bond acceptors (Lipinski definition) is 3. The second-order valence-corrected chi connectivity index (χ2v) is 6.11. The SMILES string of the molecule is CN(CC(C)(C)O)C(=O)CCn1cc(Br)ccc1=O. The zero-order chi connectivity index (χ0) is 14.6. The molecule has 1 aromatic heterocycles. The number of nitrogens with zero attached hydrogens (tertiary/aromatic N) is 2. The lowest BCUT2D eigenvalue weighted by Gasteiger charge is -2.25. The Kier molecular flexibility index (Phi) is 5.31. The third-order valence-corrected chi connectivity index (χ3v) is 3.03. The van der Waals surface area contributed by atoms with Crippen LogP contribution in [0.1, 0.15) is 20.3 Å². The summed E-state index contributed by atoms with van der Waals surface area (Å²) < 4.78 is 2.28. The van der Waals surface area contributed by atoms with Crippen molar-refractivity contribution in [2.45, 2.75) is 32.4 Å². The molecular formula is C13H19BrN2O3. The maximum Gasteiger partial charge on any atom is 0.250 e.